The molecule has 90 valence electrons. The first-order chi connectivity index (χ1) is 7.99. The monoisotopic (exact) mass is 238 g/mol. The zero-order valence-corrected chi connectivity index (χ0v) is 8.91. The number of rotatable bonds is 2. The number of nitrogens with one attached hydrogen (secondary N) is 1. The second kappa shape index (κ2) is 4.02. The van der Waals surface area contributed by atoms with Crippen molar-refractivity contribution in [2.24, 2.45) is 0 Å². The van der Waals surface area contributed by atoms with Crippen molar-refractivity contribution in [3.8, 4) is 0 Å². The van der Waals surface area contributed by atoms with Gasteiger partial charge in [0, 0.05) is 11.8 Å². The minimum absolute atomic E-state index is 0.348. The maximum atomic E-state index is 11.5. The Hall–Kier alpha value is -2.15. The Kier molecular flexibility index (Phi) is 2.68. The van der Waals surface area contributed by atoms with Gasteiger partial charge < -0.3 is 9.84 Å². The Morgan fingerprint density at radius 1 is 1.47 bits per heavy atom. The summed E-state index contributed by atoms with van der Waals surface area (Å²) in [7, 11) is 0. The number of aromatic amines is 1. The van der Waals surface area contributed by atoms with Crippen molar-refractivity contribution in [1.82, 2.24) is 9.55 Å². The fourth-order valence-electron chi connectivity index (χ4n) is 1.51. The molecule has 17 heavy (non-hydrogen) atoms. The Labute approximate surface area is 95.0 Å². The Morgan fingerprint density at radius 2 is 2.18 bits per heavy atom. The molecule has 1 aromatic heterocycles. The fraction of sp³-hybridized carbons (Fsp3) is 0.300. The normalized spacial score (nSPS) is 22.9. The summed E-state index contributed by atoms with van der Waals surface area (Å²) in [6, 6.07) is 0. The average molecular weight is 238 g/mol. The van der Waals surface area contributed by atoms with Crippen LogP contribution in [-0.2, 0) is 9.53 Å². The van der Waals surface area contributed by atoms with Gasteiger partial charge in [0.05, 0.1) is 0 Å². The van der Waals surface area contributed by atoms with Gasteiger partial charge in [-0.05, 0) is 19.1 Å². The summed E-state index contributed by atoms with van der Waals surface area (Å²) in [5, 5.41) is 8.72. The van der Waals surface area contributed by atoms with Gasteiger partial charge in [0.25, 0.3) is 5.56 Å². The van der Waals surface area contributed by atoms with Crippen molar-refractivity contribution in [2.75, 3.05) is 0 Å². The molecule has 0 spiro atoms. The number of carbonyl (C=O) groups is 1. The van der Waals surface area contributed by atoms with Gasteiger partial charge in [0.2, 0.25) is 0 Å². The molecule has 0 saturated heterocycles. The summed E-state index contributed by atoms with van der Waals surface area (Å²) < 4.78 is 6.25. The standard InChI is InChI=1S/C10H10N2O5/c1-5-4-12(10(16)11-8(5)13)7-3-2-6(17-7)9(14)15/h2-4,6-7H,1H3,(H,14,15)(H,11,13,16)/t6-,7+/m0/s1. The second-order valence-electron chi connectivity index (χ2n) is 3.65. The summed E-state index contributed by atoms with van der Waals surface area (Å²) in [4.78, 5) is 35.4. The van der Waals surface area contributed by atoms with Gasteiger partial charge in [0.15, 0.2) is 12.3 Å². The van der Waals surface area contributed by atoms with Crippen molar-refractivity contribution in [1.29, 1.82) is 0 Å². The van der Waals surface area contributed by atoms with Crippen LogP contribution in [-0.4, -0.2) is 26.7 Å². The van der Waals surface area contributed by atoms with Crippen LogP contribution in [0.1, 0.15) is 11.8 Å². The molecule has 0 amide bonds. The lowest BCUT2D eigenvalue weighted by Crippen LogP contribution is -2.34. The molecule has 0 unspecified atom stereocenters. The van der Waals surface area contributed by atoms with E-state index in [0.717, 1.165) is 4.57 Å². The third-order valence-corrected chi connectivity index (χ3v) is 2.40. The molecule has 2 atom stereocenters. The van der Waals surface area contributed by atoms with E-state index in [2.05, 4.69) is 4.98 Å². The highest BCUT2D eigenvalue weighted by atomic mass is 16.5. The average Bonchev–Trinajstić information content (AvgIpc) is 2.72. The van der Waals surface area contributed by atoms with Gasteiger partial charge in [-0.2, -0.15) is 0 Å². The van der Waals surface area contributed by atoms with Gasteiger partial charge in [-0.15, -0.1) is 0 Å². The number of carboxylic acids is 1. The first-order valence-electron chi connectivity index (χ1n) is 4.87. The Balaban J connectivity index is 2.35. The molecule has 7 nitrogen and oxygen atoms in total. The molecule has 0 aromatic carbocycles. The zero-order valence-electron chi connectivity index (χ0n) is 8.91. The smallest absolute Gasteiger partial charge is 0.336 e. The molecule has 0 saturated carbocycles. The van der Waals surface area contributed by atoms with Crippen molar-refractivity contribution >= 4 is 5.97 Å². The molecular weight excluding hydrogens is 228 g/mol. The van der Waals surface area contributed by atoms with E-state index in [-0.39, 0.29) is 0 Å². The molecule has 0 aliphatic carbocycles. The highest BCUT2D eigenvalue weighted by Gasteiger charge is 2.26. The zero-order chi connectivity index (χ0) is 12.6. The predicted molar refractivity (Wildman–Crippen MR) is 56.7 cm³/mol. The van der Waals surface area contributed by atoms with Crippen LogP contribution in [0.3, 0.4) is 0 Å². The van der Waals surface area contributed by atoms with E-state index in [1.54, 1.807) is 6.92 Å². The lowest BCUT2D eigenvalue weighted by atomic mass is 10.3. The third-order valence-electron chi connectivity index (χ3n) is 2.40. The predicted octanol–water partition coefficient (Wildman–Crippen LogP) is -0.617. The van der Waals surface area contributed by atoms with Crippen LogP contribution in [0.15, 0.2) is 27.9 Å². The lowest BCUT2D eigenvalue weighted by Gasteiger charge is -2.14. The highest BCUT2D eigenvalue weighted by Crippen LogP contribution is 2.19. The van der Waals surface area contributed by atoms with Crippen LogP contribution in [0.4, 0.5) is 0 Å². The molecule has 1 aliphatic rings. The van der Waals surface area contributed by atoms with E-state index in [9.17, 15) is 14.4 Å². The topological polar surface area (TPSA) is 101 Å². The number of aliphatic carboxylic acids is 1. The molecule has 1 aromatic rings. The summed E-state index contributed by atoms with van der Waals surface area (Å²) in [5.41, 5.74) is -0.760. The van der Waals surface area contributed by atoms with Crippen LogP contribution in [0.5, 0.6) is 0 Å². The second-order valence-corrected chi connectivity index (χ2v) is 3.65. The maximum Gasteiger partial charge on any atom is 0.336 e. The number of H-pyrrole nitrogens is 1. The van der Waals surface area contributed by atoms with Crippen LogP contribution < -0.4 is 11.2 Å². The number of ether oxygens (including phenoxy) is 1. The van der Waals surface area contributed by atoms with E-state index in [1.165, 1.54) is 18.3 Å². The van der Waals surface area contributed by atoms with Gasteiger partial charge >= 0.3 is 11.7 Å². The van der Waals surface area contributed by atoms with E-state index >= 15 is 0 Å². The highest BCUT2D eigenvalue weighted by molar-refractivity contribution is 5.75. The SMILES string of the molecule is Cc1cn([C@H]2C=C[C@@H](C(=O)O)O2)c(=O)[nH]c1=O. The van der Waals surface area contributed by atoms with Crippen LogP contribution in [0.2, 0.25) is 0 Å². The minimum atomic E-state index is -1.13. The van der Waals surface area contributed by atoms with Crippen molar-refractivity contribution in [3.05, 3.63) is 44.8 Å². The van der Waals surface area contributed by atoms with E-state index in [0.29, 0.717) is 5.56 Å². The molecule has 2 rings (SSSR count). The number of hydrogen-bond donors (Lipinski definition) is 2. The van der Waals surface area contributed by atoms with Gasteiger partial charge in [-0.3, -0.25) is 14.3 Å². The van der Waals surface area contributed by atoms with E-state index in [4.69, 9.17) is 9.84 Å². The molecule has 0 radical (unpaired) electrons. The maximum absolute atomic E-state index is 11.5. The largest absolute Gasteiger partial charge is 0.479 e. The van der Waals surface area contributed by atoms with Crippen LogP contribution >= 0.6 is 0 Å². The molecule has 2 heterocycles. The summed E-state index contributed by atoms with van der Waals surface area (Å²) in [5.74, 6) is -1.13. The van der Waals surface area contributed by atoms with Gasteiger partial charge in [-0.25, -0.2) is 9.59 Å². The summed E-state index contributed by atoms with van der Waals surface area (Å²) in [6.45, 7) is 1.54. The van der Waals surface area contributed by atoms with Crippen molar-refractivity contribution < 1.29 is 14.6 Å². The quantitative estimate of drug-likeness (QED) is 0.669. The van der Waals surface area contributed by atoms with Crippen LogP contribution in [0.25, 0.3) is 0 Å². The van der Waals surface area contributed by atoms with E-state index < -0.39 is 29.6 Å². The Bertz CT molecular complexity index is 597. The lowest BCUT2D eigenvalue weighted by molar-refractivity contribution is -0.149. The number of nitrogens with zero attached hydrogens (tertiary/aromatic N) is 1. The fourth-order valence-corrected chi connectivity index (χ4v) is 1.51. The molecule has 0 bridgehead atoms. The first-order valence-corrected chi connectivity index (χ1v) is 4.87. The van der Waals surface area contributed by atoms with E-state index in [1.807, 2.05) is 0 Å². The molecule has 1 aliphatic heterocycles. The summed E-state index contributed by atoms with van der Waals surface area (Å²) in [6.07, 6.45) is 2.26. The molecule has 0 fully saturated rings. The number of carboxylic acid groups (broad SMARTS) is 1. The third kappa shape index (κ3) is 2.04. The molecule has 2 N–H and O–H groups in total. The number of hydrogen-bond acceptors (Lipinski definition) is 4. The molecule has 7 heteroatoms. The summed E-state index contributed by atoms with van der Waals surface area (Å²) >= 11 is 0. The van der Waals surface area contributed by atoms with Crippen molar-refractivity contribution in [3.63, 3.8) is 0 Å². The van der Waals surface area contributed by atoms with Crippen molar-refractivity contribution in [2.45, 2.75) is 19.3 Å². The Morgan fingerprint density at radius 3 is 2.76 bits per heavy atom. The minimum Gasteiger partial charge on any atom is -0.479 e. The number of aryl methyl sites for hydroxylation is 1. The van der Waals surface area contributed by atoms with Gasteiger partial charge in [-0.1, -0.05) is 0 Å². The first kappa shape index (κ1) is 11.3. The van der Waals surface area contributed by atoms with Gasteiger partial charge in [0.1, 0.15) is 0 Å². The molecular formula is C10H10N2O5. The van der Waals surface area contributed by atoms with Crippen LogP contribution in [0, 0.1) is 6.92 Å². The number of aromatic nitrogens is 2.